The third-order valence-electron chi connectivity index (χ3n) is 2.23. The molecule has 1 aromatic rings. The quantitative estimate of drug-likeness (QED) is 0.695. The molecule has 0 heterocycles. The molecule has 15 heavy (non-hydrogen) atoms. The van der Waals surface area contributed by atoms with Gasteiger partial charge in [-0.05, 0) is 30.5 Å². The number of aryl methyl sites for hydroxylation is 2. The fourth-order valence-electron chi connectivity index (χ4n) is 1.60. The summed E-state index contributed by atoms with van der Waals surface area (Å²) in [5.74, 6) is 1.45. The first kappa shape index (κ1) is 11.6. The first-order valence-corrected chi connectivity index (χ1v) is 4.88. The summed E-state index contributed by atoms with van der Waals surface area (Å²) in [5, 5.41) is 0. The lowest BCUT2D eigenvalue weighted by Gasteiger charge is -2.13. The molecule has 0 spiro atoms. The van der Waals surface area contributed by atoms with Crippen LogP contribution >= 0.6 is 0 Å². The summed E-state index contributed by atoms with van der Waals surface area (Å²) < 4.78 is 10.5. The van der Waals surface area contributed by atoms with E-state index in [0.717, 1.165) is 28.9 Å². The van der Waals surface area contributed by atoms with Crippen molar-refractivity contribution in [1.29, 1.82) is 0 Å². The lowest BCUT2D eigenvalue weighted by atomic mass is 10.1. The molecule has 0 saturated carbocycles. The molecule has 0 aliphatic carbocycles. The van der Waals surface area contributed by atoms with Crippen LogP contribution < -0.4 is 9.47 Å². The molecule has 0 amide bonds. The Balaban J connectivity index is 3.10. The maximum atomic E-state index is 10.3. The Bertz CT molecular complexity index is 345. The van der Waals surface area contributed by atoms with Crippen molar-refractivity contribution in [2.75, 3.05) is 14.2 Å². The van der Waals surface area contributed by atoms with Crippen molar-refractivity contribution in [2.24, 2.45) is 0 Å². The molecule has 0 atom stereocenters. The smallest absolute Gasteiger partial charge is 0.163 e. The summed E-state index contributed by atoms with van der Waals surface area (Å²) in [4.78, 5) is 10.3. The molecule has 0 saturated heterocycles. The predicted octanol–water partition coefficient (Wildman–Crippen LogP) is 2.14. The van der Waals surface area contributed by atoms with E-state index in [1.54, 1.807) is 14.2 Å². The number of rotatable bonds is 5. The topological polar surface area (TPSA) is 35.5 Å². The Morgan fingerprint density at radius 1 is 1.27 bits per heavy atom. The molecule has 1 rings (SSSR count). The number of carbonyl (C=O) groups excluding carboxylic acids is 1. The SMILES string of the molecule is COc1cc(C)cc(CCC=O)c1OC. The number of hydrogen-bond donors (Lipinski definition) is 0. The van der Waals surface area contributed by atoms with Gasteiger partial charge in [0.05, 0.1) is 14.2 Å². The maximum absolute atomic E-state index is 10.3. The van der Waals surface area contributed by atoms with Crippen LogP contribution in [0.25, 0.3) is 0 Å². The van der Waals surface area contributed by atoms with Gasteiger partial charge in [-0.25, -0.2) is 0 Å². The Kier molecular flexibility index (Phi) is 4.16. The maximum Gasteiger partial charge on any atom is 0.163 e. The molecule has 82 valence electrons. The van der Waals surface area contributed by atoms with Gasteiger partial charge < -0.3 is 14.3 Å². The summed E-state index contributed by atoms with van der Waals surface area (Å²) in [6, 6.07) is 3.94. The number of aldehydes is 1. The molecule has 1 aromatic carbocycles. The third-order valence-corrected chi connectivity index (χ3v) is 2.23. The van der Waals surface area contributed by atoms with Crippen molar-refractivity contribution in [3.05, 3.63) is 23.3 Å². The van der Waals surface area contributed by atoms with Crippen LogP contribution in [0, 0.1) is 6.92 Å². The highest BCUT2D eigenvalue weighted by Gasteiger charge is 2.10. The van der Waals surface area contributed by atoms with E-state index in [9.17, 15) is 4.79 Å². The van der Waals surface area contributed by atoms with E-state index in [-0.39, 0.29) is 0 Å². The number of benzene rings is 1. The van der Waals surface area contributed by atoms with Gasteiger partial charge in [0.1, 0.15) is 6.29 Å². The van der Waals surface area contributed by atoms with Crippen molar-refractivity contribution < 1.29 is 14.3 Å². The normalized spacial score (nSPS) is 9.80. The Morgan fingerprint density at radius 2 is 2.00 bits per heavy atom. The van der Waals surface area contributed by atoms with Crippen LogP contribution in [0.15, 0.2) is 12.1 Å². The lowest BCUT2D eigenvalue weighted by molar-refractivity contribution is -0.107. The molecular formula is C12H16O3. The number of ether oxygens (including phenoxy) is 2. The fraction of sp³-hybridized carbons (Fsp3) is 0.417. The highest BCUT2D eigenvalue weighted by atomic mass is 16.5. The van der Waals surface area contributed by atoms with Crippen LogP contribution in [0.4, 0.5) is 0 Å². The molecule has 0 unspecified atom stereocenters. The van der Waals surface area contributed by atoms with E-state index < -0.39 is 0 Å². The first-order chi connectivity index (χ1) is 7.22. The van der Waals surface area contributed by atoms with Gasteiger partial charge >= 0.3 is 0 Å². The molecule has 3 nitrogen and oxygen atoms in total. The van der Waals surface area contributed by atoms with Crippen molar-refractivity contribution in [2.45, 2.75) is 19.8 Å². The first-order valence-electron chi connectivity index (χ1n) is 4.88. The molecule has 0 aromatic heterocycles. The Labute approximate surface area is 90.0 Å². The van der Waals surface area contributed by atoms with Crippen LogP contribution in [0.3, 0.4) is 0 Å². The second-order valence-corrected chi connectivity index (χ2v) is 3.36. The molecule has 3 heteroatoms. The molecule has 0 aliphatic heterocycles. The standard InChI is InChI=1S/C12H16O3/c1-9-7-10(5-4-6-13)12(15-3)11(8-9)14-2/h6-8H,4-5H2,1-3H3. The minimum atomic E-state index is 0.503. The van der Waals surface area contributed by atoms with E-state index in [2.05, 4.69) is 0 Å². The van der Waals surface area contributed by atoms with Gasteiger partial charge in [-0.2, -0.15) is 0 Å². The number of hydrogen-bond acceptors (Lipinski definition) is 3. The Hall–Kier alpha value is -1.51. The fourth-order valence-corrected chi connectivity index (χ4v) is 1.60. The summed E-state index contributed by atoms with van der Waals surface area (Å²) in [6.07, 6.45) is 2.10. The van der Waals surface area contributed by atoms with E-state index in [1.165, 1.54) is 0 Å². The number of methoxy groups -OCH3 is 2. The van der Waals surface area contributed by atoms with E-state index in [1.807, 2.05) is 19.1 Å². The van der Waals surface area contributed by atoms with Gasteiger partial charge in [0.15, 0.2) is 11.5 Å². The molecule has 0 N–H and O–H groups in total. The largest absolute Gasteiger partial charge is 0.493 e. The zero-order chi connectivity index (χ0) is 11.3. The monoisotopic (exact) mass is 208 g/mol. The summed E-state index contributed by atoms with van der Waals surface area (Å²) in [6.45, 7) is 1.99. The average Bonchev–Trinajstić information content (AvgIpc) is 2.25. The Morgan fingerprint density at radius 3 is 2.53 bits per heavy atom. The molecule has 0 aliphatic rings. The molecular weight excluding hydrogens is 192 g/mol. The molecule has 0 radical (unpaired) electrons. The third kappa shape index (κ3) is 2.72. The van der Waals surface area contributed by atoms with Crippen molar-refractivity contribution in [3.63, 3.8) is 0 Å². The van der Waals surface area contributed by atoms with Gasteiger partial charge in [-0.15, -0.1) is 0 Å². The minimum Gasteiger partial charge on any atom is -0.493 e. The second-order valence-electron chi connectivity index (χ2n) is 3.36. The average molecular weight is 208 g/mol. The van der Waals surface area contributed by atoms with Gasteiger partial charge in [0, 0.05) is 6.42 Å². The van der Waals surface area contributed by atoms with Crippen molar-refractivity contribution in [1.82, 2.24) is 0 Å². The van der Waals surface area contributed by atoms with Gasteiger partial charge in [0.2, 0.25) is 0 Å². The van der Waals surface area contributed by atoms with E-state index >= 15 is 0 Å². The second kappa shape index (κ2) is 5.39. The predicted molar refractivity (Wildman–Crippen MR) is 58.7 cm³/mol. The lowest BCUT2D eigenvalue weighted by Crippen LogP contribution is -1.97. The molecule has 0 bridgehead atoms. The summed E-state index contributed by atoms with van der Waals surface area (Å²) in [5.41, 5.74) is 2.12. The summed E-state index contributed by atoms with van der Waals surface area (Å²) >= 11 is 0. The zero-order valence-electron chi connectivity index (χ0n) is 9.37. The van der Waals surface area contributed by atoms with Crippen LogP contribution in [-0.2, 0) is 11.2 Å². The van der Waals surface area contributed by atoms with Gasteiger partial charge in [-0.3, -0.25) is 0 Å². The van der Waals surface area contributed by atoms with Crippen molar-refractivity contribution in [3.8, 4) is 11.5 Å². The molecule has 0 fully saturated rings. The van der Waals surface area contributed by atoms with Crippen molar-refractivity contribution >= 4 is 6.29 Å². The zero-order valence-corrected chi connectivity index (χ0v) is 9.37. The summed E-state index contributed by atoms with van der Waals surface area (Å²) in [7, 11) is 3.22. The van der Waals surface area contributed by atoms with Gasteiger partial charge in [0.25, 0.3) is 0 Å². The minimum absolute atomic E-state index is 0.503. The highest BCUT2D eigenvalue weighted by molar-refractivity contribution is 5.54. The van der Waals surface area contributed by atoms with Crippen LogP contribution in [0.1, 0.15) is 17.5 Å². The number of carbonyl (C=O) groups is 1. The van der Waals surface area contributed by atoms with Gasteiger partial charge in [-0.1, -0.05) is 6.07 Å². The highest BCUT2D eigenvalue weighted by Crippen LogP contribution is 2.32. The van der Waals surface area contributed by atoms with E-state index in [0.29, 0.717) is 12.8 Å². The van der Waals surface area contributed by atoms with Crippen LogP contribution in [0.2, 0.25) is 0 Å². The van der Waals surface area contributed by atoms with Crippen LogP contribution in [0.5, 0.6) is 11.5 Å². The van der Waals surface area contributed by atoms with E-state index in [4.69, 9.17) is 9.47 Å². The van der Waals surface area contributed by atoms with Crippen LogP contribution in [-0.4, -0.2) is 20.5 Å².